The second kappa shape index (κ2) is 1.98. The van der Waals surface area contributed by atoms with Crippen molar-refractivity contribution in [2.45, 2.75) is 11.6 Å². The Morgan fingerprint density at radius 3 is 1.71 bits per heavy atom. The van der Waals surface area contributed by atoms with Gasteiger partial charge in [0.05, 0.1) is 0 Å². The van der Waals surface area contributed by atoms with E-state index in [-0.39, 0.29) is 0 Å². The van der Waals surface area contributed by atoms with Crippen LogP contribution in [0.25, 0.3) is 0 Å². The quantitative estimate of drug-likeness (QED) is 0.497. The minimum atomic E-state index is -4.23. The highest BCUT2D eigenvalue weighted by molar-refractivity contribution is 7.87. The molecule has 0 rings (SSSR count). The lowest BCUT2D eigenvalue weighted by atomic mass is 11.0. The van der Waals surface area contributed by atoms with Crippen LogP contribution in [-0.4, -0.2) is 13.1 Å². The van der Waals surface area contributed by atoms with Crippen LogP contribution in [0.2, 0.25) is 0 Å². The highest BCUT2D eigenvalue weighted by atomic mass is 35.5. The first-order chi connectivity index (χ1) is 2.94. The lowest BCUT2D eigenvalue weighted by Crippen LogP contribution is -2.06. The fraction of sp³-hybridized carbons (Fsp3) is 1.00. The summed E-state index contributed by atoms with van der Waals surface area (Å²) in [4.78, 5) is 0. The zero-order valence-corrected chi connectivity index (χ0v) is 5.16. The van der Waals surface area contributed by atoms with E-state index >= 15 is 0 Å². The van der Waals surface area contributed by atoms with E-state index in [2.05, 4.69) is 0 Å². The van der Waals surface area contributed by atoms with E-state index in [1.54, 1.807) is 0 Å². The second-order valence-electron chi connectivity index (χ2n) is 1.04. The van der Waals surface area contributed by atoms with Gasteiger partial charge in [-0.05, 0) is 6.92 Å². The van der Waals surface area contributed by atoms with Crippen molar-refractivity contribution in [2.75, 3.05) is 0 Å². The molecule has 3 nitrogen and oxygen atoms in total. The zero-order chi connectivity index (χ0) is 6.08. The Kier molecular flexibility index (Phi) is 2.04. The number of halogens is 1. The summed E-state index contributed by atoms with van der Waals surface area (Å²) in [5.74, 6) is 0. The van der Waals surface area contributed by atoms with Gasteiger partial charge in [0.25, 0.3) is 0 Å². The van der Waals surface area contributed by atoms with Crippen molar-refractivity contribution in [2.24, 2.45) is 0 Å². The predicted molar refractivity (Wildman–Crippen MR) is 24.9 cm³/mol. The molecular formula is C2H4ClO3S. The monoisotopic (exact) mass is 143 g/mol. The second-order valence-corrected chi connectivity index (χ2v) is 3.64. The summed E-state index contributed by atoms with van der Waals surface area (Å²) in [5, 5.41) is 0. The SMILES string of the molecule is CC(Cl)S([O])(=O)=O. The Balaban J connectivity index is 4.10. The highest BCUT2D eigenvalue weighted by Crippen LogP contribution is 2.00. The summed E-state index contributed by atoms with van der Waals surface area (Å²) in [6.45, 7) is 1.11. The fourth-order valence-corrected chi connectivity index (χ4v) is 0. The molecule has 0 saturated heterocycles. The minimum absolute atomic E-state index is 1.11. The van der Waals surface area contributed by atoms with Crippen LogP contribution < -0.4 is 0 Å². The molecule has 0 aromatic rings. The summed E-state index contributed by atoms with van der Waals surface area (Å²) in [6.07, 6.45) is 0. The van der Waals surface area contributed by atoms with Crippen LogP contribution in [-0.2, 0) is 14.7 Å². The average molecular weight is 144 g/mol. The molecule has 1 unspecified atom stereocenters. The molecule has 0 bridgehead atoms. The largest absolute Gasteiger partial charge is 0.311 e. The molecule has 43 valence electrons. The first-order valence-electron chi connectivity index (χ1n) is 1.53. The summed E-state index contributed by atoms with van der Waals surface area (Å²) in [6, 6.07) is 0. The van der Waals surface area contributed by atoms with Crippen LogP contribution in [0.1, 0.15) is 6.92 Å². The molecule has 5 heteroatoms. The maximum absolute atomic E-state index is 9.64. The van der Waals surface area contributed by atoms with Crippen LogP contribution in [0.3, 0.4) is 0 Å². The molecular weight excluding hydrogens is 140 g/mol. The van der Waals surface area contributed by atoms with E-state index in [4.69, 9.17) is 11.6 Å². The van der Waals surface area contributed by atoms with Gasteiger partial charge in [0.2, 0.25) is 0 Å². The Morgan fingerprint density at radius 1 is 1.57 bits per heavy atom. The number of hydrogen-bond acceptors (Lipinski definition) is 2. The molecule has 0 amide bonds. The van der Waals surface area contributed by atoms with E-state index in [1.807, 2.05) is 0 Å². The topological polar surface area (TPSA) is 54.0 Å². The van der Waals surface area contributed by atoms with Crippen molar-refractivity contribution < 1.29 is 13.0 Å². The normalized spacial score (nSPS) is 16.4. The smallest absolute Gasteiger partial charge is 0.195 e. The molecule has 0 aliphatic heterocycles. The van der Waals surface area contributed by atoms with Gasteiger partial charge in [0, 0.05) is 0 Å². The van der Waals surface area contributed by atoms with Crippen molar-refractivity contribution in [3.63, 3.8) is 0 Å². The third-order valence-corrected chi connectivity index (χ3v) is 1.85. The van der Waals surface area contributed by atoms with Gasteiger partial charge < -0.3 is 0 Å². The number of rotatable bonds is 1. The minimum Gasteiger partial charge on any atom is -0.195 e. The van der Waals surface area contributed by atoms with Gasteiger partial charge in [-0.2, -0.15) is 8.42 Å². The van der Waals surface area contributed by atoms with Crippen LogP contribution in [0.15, 0.2) is 0 Å². The van der Waals surface area contributed by atoms with Gasteiger partial charge in [-0.3, -0.25) is 0 Å². The first-order valence-corrected chi connectivity index (χ1v) is 3.44. The number of alkyl halides is 1. The van der Waals surface area contributed by atoms with E-state index in [1.165, 1.54) is 0 Å². The third kappa shape index (κ3) is 2.85. The lowest BCUT2D eigenvalue weighted by Gasteiger charge is -1.89. The highest BCUT2D eigenvalue weighted by Gasteiger charge is 2.13. The van der Waals surface area contributed by atoms with Crippen LogP contribution >= 0.6 is 11.6 Å². The van der Waals surface area contributed by atoms with E-state index in [0.717, 1.165) is 6.92 Å². The lowest BCUT2D eigenvalue weighted by molar-refractivity contribution is 0.412. The van der Waals surface area contributed by atoms with Crippen molar-refractivity contribution in [3.05, 3.63) is 0 Å². The van der Waals surface area contributed by atoms with Gasteiger partial charge in [-0.25, -0.2) is 0 Å². The maximum atomic E-state index is 9.64. The van der Waals surface area contributed by atoms with E-state index < -0.39 is 14.8 Å². The summed E-state index contributed by atoms with van der Waals surface area (Å²) >= 11 is 4.85. The molecule has 0 saturated carbocycles. The van der Waals surface area contributed by atoms with Crippen LogP contribution in [0.4, 0.5) is 0 Å². The van der Waals surface area contributed by atoms with Crippen molar-refractivity contribution in [1.29, 1.82) is 0 Å². The standard InChI is InChI=1S/C2H4ClO3S/c1-2(3)7(4,5)6/h2H,1H3. The van der Waals surface area contributed by atoms with Crippen LogP contribution in [0.5, 0.6) is 0 Å². The van der Waals surface area contributed by atoms with E-state index in [9.17, 15) is 13.0 Å². The Morgan fingerprint density at radius 2 is 1.71 bits per heavy atom. The van der Waals surface area contributed by atoms with Crippen molar-refractivity contribution in [1.82, 2.24) is 0 Å². The Hall–Kier alpha value is 0.200. The van der Waals surface area contributed by atoms with E-state index in [0.29, 0.717) is 0 Å². The summed E-state index contributed by atoms with van der Waals surface area (Å²) in [5.41, 5.74) is 0. The molecule has 0 aromatic carbocycles. The van der Waals surface area contributed by atoms with Gasteiger partial charge >= 0.3 is 10.1 Å². The van der Waals surface area contributed by atoms with Crippen LogP contribution in [0, 0.1) is 0 Å². The van der Waals surface area contributed by atoms with Gasteiger partial charge in [0.15, 0.2) is 4.71 Å². The molecule has 0 N–H and O–H groups in total. The summed E-state index contributed by atoms with van der Waals surface area (Å²) in [7, 11) is -4.23. The third-order valence-electron chi connectivity index (χ3n) is 0.398. The number of hydrogen-bond donors (Lipinski definition) is 0. The Bertz CT molecular complexity index is 135. The van der Waals surface area contributed by atoms with Gasteiger partial charge in [-0.15, -0.1) is 11.6 Å². The average Bonchev–Trinajstić information content (AvgIpc) is 1.31. The zero-order valence-electron chi connectivity index (χ0n) is 3.59. The van der Waals surface area contributed by atoms with Gasteiger partial charge in [0.1, 0.15) is 0 Å². The molecule has 1 radical (unpaired) electrons. The molecule has 0 fully saturated rings. The van der Waals surface area contributed by atoms with Crippen molar-refractivity contribution in [3.8, 4) is 0 Å². The molecule has 7 heavy (non-hydrogen) atoms. The summed E-state index contributed by atoms with van der Waals surface area (Å²) < 4.78 is 27.6. The molecule has 0 aliphatic carbocycles. The molecule has 0 spiro atoms. The van der Waals surface area contributed by atoms with Gasteiger partial charge in [-0.1, -0.05) is 4.55 Å². The van der Waals surface area contributed by atoms with Crippen molar-refractivity contribution >= 4 is 21.7 Å². The first kappa shape index (κ1) is 7.20. The maximum Gasteiger partial charge on any atom is 0.311 e. The fourth-order valence-electron chi connectivity index (χ4n) is 0. The Labute approximate surface area is 47.0 Å². The molecule has 0 aromatic heterocycles. The molecule has 1 atom stereocenters. The molecule has 0 heterocycles. The predicted octanol–water partition coefficient (Wildman–Crippen LogP) is 0.332. The molecule has 0 aliphatic rings.